The molecule has 3 nitrogen and oxygen atoms in total. The normalized spacial score (nSPS) is 10.6. The Morgan fingerprint density at radius 3 is 2.76 bits per heavy atom. The fraction of sp³-hybridized carbons (Fsp3) is 0.0769. The molecular weight excluding hydrogens is 232 g/mol. The molecule has 1 aromatic carbocycles. The lowest BCUT2D eigenvalue weighted by molar-refractivity contribution is -0.114. The van der Waals surface area contributed by atoms with Crippen LogP contribution in [0.4, 0.5) is 5.13 Å². The van der Waals surface area contributed by atoms with Gasteiger partial charge in [-0.25, -0.2) is 4.98 Å². The maximum atomic E-state index is 10.8. The zero-order chi connectivity index (χ0) is 12.1. The predicted molar refractivity (Wildman–Crippen MR) is 71.8 cm³/mol. The van der Waals surface area contributed by atoms with Crippen molar-refractivity contribution in [1.82, 2.24) is 4.98 Å². The molecule has 1 amide bonds. The molecule has 0 atom stereocenters. The van der Waals surface area contributed by atoms with E-state index in [9.17, 15) is 4.79 Å². The lowest BCUT2D eigenvalue weighted by Crippen LogP contribution is -2.04. The van der Waals surface area contributed by atoms with Crippen LogP contribution >= 0.6 is 11.3 Å². The largest absolute Gasteiger partial charge is 0.302 e. The summed E-state index contributed by atoms with van der Waals surface area (Å²) in [5.74, 6) is -0.0991. The van der Waals surface area contributed by atoms with Gasteiger partial charge in [0.05, 0.1) is 0 Å². The van der Waals surface area contributed by atoms with Crippen LogP contribution in [0.25, 0.3) is 12.2 Å². The van der Waals surface area contributed by atoms with Gasteiger partial charge in [0.25, 0.3) is 0 Å². The van der Waals surface area contributed by atoms with E-state index in [1.165, 1.54) is 18.3 Å². The lowest BCUT2D eigenvalue weighted by Gasteiger charge is -1.92. The zero-order valence-corrected chi connectivity index (χ0v) is 10.2. The highest BCUT2D eigenvalue weighted by molar-refractivity contribution is 7.16. The number of rotatable bonds is 3. The fourth-order valence-electron chi connectivity index (χ4n) is 1.31. The molecule has 2 aromatic rings. The summed E-state index contributed by atoms with van der Waals surface area (Å²) in [5, 5.41) is 3.29. The van der Waals surface area contributed by atoms with E-state index < -0.39 is 0 Å². The molecule has 0 saturated heterocycles. The molecular formula is C13H12N2OS. The van der Waals surface area contributed by atoms with E-state index in [4.69, 9.17) is 0 Å². The molecule has 86 valence electrons. The number of anilines is 1. The second kappa shape index (κ2) is 5.41. The Bertz CT molecular complexity index is 531. The van der Waals surface area contributed by atoms with Gasteiger partial charge in [-0.05, 0) is 11.6 Å². The lowest BCUT2D eigenvalue weighted by atomic mass is 10.2. The van der Waals surface area contributed by atoms with Gasteiger partial charge in [-0.2, -0.15) is 0 Å². The average Bonchev–Trinajstić information content (AvgIpc) is 2.75. The van der Waals surface area contributed by atoms with Crippen molar-refractivity contribution in [3.8, 4) is 0 Å². The van der Waals surface area contributed by atoms with Crippen molar-refractivity contribution in [2.24, 2.45) is 0 Å². The van der Waals surface area contributed by atoms with Gasteiger partial charge in [0.2, 0.25) is 5.91 Å². The summed E-state index contributed by atoms with van der Waals surface area (Å²) < 4.78 is 0. The van der Waals surface area contributed by atoms with Crippen LogP contribution in [0.3, 0.4) is 0 Å². The Kier molecular flexibility index (Phi) is 3.67. The SMILES string of the molecule is CC(=O)Nc1ncc(/C=C\c2ccccc2)s1. The molecule has 0 saturated carbocycles. The molecule has 1 aromatic heterocycles. The first-order valence-corrected chi connectivity index (χ1v) is 6.02. The van der Waals surface area contributed by atoms with Crippen LogP contribution in [0.5, 0.6) is 0 Å². The van der Waals surface area contributed by atoms with Crippen molar-refractivity contribution in [2.75, 3.05) is 5.32 Å². The Morgan fingerprint density at radius 2 is 2.06 bits per heavy atom. The average molecular weight is 244 g/mol. The molecule has 0 radical (unpaired) electrons. The smallest absolute Gasteiger partial charge is 0.223 e. The molecule has 1 N–H and O–H groups in total. The monoisotopic (exact) mass is 244 g/mol. The summed E-state index contributed by atoms with van der Waals surface area (Å²) in [7, 11) is 0. The minimum Gasteiger partial charge on any atom is -0.302 e. The van der Waals surface area contributed by atoms with Crippen molar-refractivity contribution < 1.29 is 4.79 Å². The van der Waals surface area contributed by atoms with Crippen LogP contribution in [-0.4, -0.2) is 10.9 Å². The van der Waals surface area contributed by atoms with Crippen molar-refractivity contribution in [3.05, 3.63) is 47.0 Å². The summed E-state index contributed by atoms with van der Waals surface area (Å²) in [5.41, 5.74) is 1.14. The first-order chi connectivity index (χ1) is 8.24. The first-order valence-electron chi connectivity index (χ1n) is 5.20. The third kappa shape index (κ3) is 3.53. The highest BCUT2D eigenvalue weighted by atomic mass is 32.1. The van der Waals surface area contributed by atoms with Gasteiger partial charge in [0, 0.05) is 18.0 Å². The van der Waals surface area contributed by atoms with Crippen molar-refractivity contribution in [3.63, 3.8) is 0 Å². The number of thiazole rings is 1. The quantitative estimate of drug-likeness (QED) is 0.900. The molecule has 0 aliphatic rings. The number of nitrogens with one attached hydrogen (secondary N) is 1. The second-order valence-corrected chi connectivity index (χ2v) is 4.56. The van der Waals surface area contributed by atoms with E-state index in [1.807, 2.05) is 42.5 Å². The number of hydrogen-bond donors (Lipinski definition) is 1. The summed E-state index contributed by atoms with van der Waals surface area (Å²) in [6.45, 7) is 1.47. The van der Waals surface area contributed by atoms with Crippen molar-refractivity contribution in [1.29, 1.82) is 0 Å². The number of amides is 1. The van der Waals surface area contributed by atoms with Gasteiger partial charge in [-0.1, -0.05) is 47.7 Å². The van der Waals surface area contributed by atoms with E-state index >= 15 is 0 Å². The number of benzene rings is 1. The maximum absolute atomic E-state index is 10.8. The molecule has 0 spiro atoms. The maximum Gasteiger partial charge on any atom is 0.223 e. The summed E-state index contributed by atoms with van der Waals surface area (Å²) in [6.07, 6.45) is 5.75. The standard InChI is InChI=1S/C13H12N2OS/c1-10(16)15-13-14-9-12(17-13)8-7-11-5-3-2-4-6-11/h2-9H,1H3,(H,14,15,16)/b8-7-. The van der Waals surface area contributed by atoms with Crippen LogP contribution in [0.1, 0.15) is 17.4 Å². The summed E-state index contributed by atoms with van der Waals surface area (Å²) in [4.78, 5) is 16.0. The van der Waals surface area contributed by atoms with Gasteiger partial charge >= 0.3 is 0 Å². The summed E-state index contributed by atoms with van der Waals surface area (Å²) >= 11 is 1.45. The van der Waals surface area contributed by atoms with Crippen LogP contribution < -0.4 is 5.32 Å². The van der Waals surface area contributed by atoms with Crippen LogP contribution in [0, 0.1) is 0 Å². The molecule has 1 heterocycles. The Hall–Kier alpha value is -1.94. The van der Waals surface area contributed by atoms with Crippen LogP contribution in [-0.2, 0) is 4.79 Å². The molecule has 0 aliphatic heterocycles. The zero-order valence-electron chi connectivity index (χ0n) is 9.38. The predicted octanol–water partition coefficient (Wildman–Crippen LogP) is 3.27. The third-order valence-electron chi connectivity index (χ3n) is 2.05. The van der Waals surface area contributed by atoms with E-state index in [1.54, 1.807) is 6.20 Å². The van der Waals surface area contributed by atoms with E-state index in [-0.39, 0.29) is 5.91 Å². The van der Waals surface area contributed by atoms with Crippen LogP contribution in [0.2, 0.25) is 0 Å². The number of aromatic nitrogens is 1. The molecule has 0 bridgehead atoms. The molecule has 0 unspecified atom stereocenters. The number of hydrogen-bond acceptors (Lipinski definition) is 3. The van der Waals surface area contributed by atoms with Crippen molar-refractivity contribution in [2.45, 2.75) is 6.92 Å². The summed E-state index contributed by atoms with van der Waals surface area (Å²) in [6, 6.07) is 10.0. The molecule has 2 rings (SSSR count). The molecule has 0 aliphatic carbocycles. The number of carbonyl (C=O) groups is 1. The molecule has 17 heavy (non-hydrogen) atoms. The second-order valence-electron chi connectivity index (χ2n) is 3.49. The van der Waals surface area contributed by atoms with E-state index in [0.717, 1.165) is 10.4 Å². The Morgan fingerprint density at radius 1 is 1.29 bits per heavy atom. The van der Waals surface area contributed by atoms with Gasteiger partial charge in [-0.15, -0.1) is 0 Å². The van der Waals surface area contributed by atoms with E-state index in [0.29, 0.717) is 5.13 Å². The third-order valence-corrected chi connectivity index (χ3v) is 2.92. The minimum absolute atomic E-state index is 0.0991. The molecule has 0 fully saturated rings. The first kappa shape index (κ1) is 11.5. The van der Waals surface area contributed by atoms with Gasteiger partial charge in [-0.3, -0.25) is 4.79 Å². The van der Waals surface area contributed by atoms with E-state index in [2.05, 4.69) is 10.3 Å². The highest BCUT2D eigenvalue weighted by Gasteiger charge is 2.00. The number of nitrogens with zero attached hydrogens (tertiary/aromatic N) is 1. The van der Waals surface area contributed by atoms with Crippen molar-refractivity contribution >= 4 is 34.5 Å². The fourth-order valence-corrected chi connectivity index (χ4v) is 2.08. The highest BCUT2D eigenvalue weighted by Crippen LogP contribution is 2.20. The van der Waals surface area contributed by atoms with Gasteiger partial charge < -0.3 is 5.32 Å². The number of carbonyl (C=O) groups excluding carboxylic acids is 1. The Labute approximate surface area is 104 Å². The van der Waals surface area contributed by atoms with Gasteiger partial charge in [0.1, 0.15) is 0 Å². The van der Waals surface area contributed by atoms with Gasteiger partial charge in [0.15, 0.2) is 5.13 Å². The molecule has 4 heteroatoms. The Balaban J connectivity index is 2.06. The topological polar surface area (TPSA) is 42.0 Å². The van der Waals surface area contributed by atoms with Crippen LogP contribution in [0.15, 0.2) is 36.5 Å². The minimum atomic E-state index is -0.0991.